The highest BCUT2D eigenvalue weighted by molar-refractivity contribution is 5.97. The number of aryl methyl sites for hydroxylation is 2. The van der Waals surface area contributed by atoms with Gasteiger partial charge >= 0.3 is 0 Å². The van der Waals surface area contributed by atoms with Crippen LogP contribution >= 0.6 is 0 Å². The number of likely N-dealkylation sites (tertiary alicyclic amines) is 1. The lowest BCUT2D eigenvalue weighted by Crippen LogP contribution is -2.35. The van der Waals surface area contributed by atoms with Gasteiger partial charge in [-0.15, -0.1) is 0 Å². The van der Waals surface area contributed by atoms with E-state index >= 15 is 0 Å². The molecule has 0 saturated carbocycles. The molecule has 1 N–H and O–H groups in total. The van der Waals surface area contributed by atoms with Crippen molar-refractivity contribution < 1.29 is 9.59 Å². The molecule has 2 amide bonds. The summed E-state index contributed by atoms with van der Waals surface area (Å²) in [6.45, 7) is 8.21. The Kier molecular flexibility index (Phi) is 5.94. The lowest BCUT2D eigenvalue weighted by atomic mass is 10.1. The third kappa shape index (κ3) is 4.56. The molecule has 1 fully saturated rings. The summed E-state index contributed by atoms with van der Waals surface area (Å²) >= 11 is 0. The second kappa shape index (κ2) is 8.37. The number of rotatable bonds is 5. The lowest BCUT2D eigenvalue weighted by molar-refractivity contribution is -0.116. The van der Waals surface area contributed by atoms with Crippen molar-refractivity contribution in [3.63, 3.8) is 0 Å². The Morgan fingerprint density at radius 3 is 2.52 bits per heavy atom. The van der Waals surface area contributed by atoms with E-state index in [0.29, 0.717) is 24.2 Å². The predicted octanol–water partition coefficient (Wildman–Crippen LogP) is 3.46. The largest absolute Gasteiger partial charge is 0.339 e. The minimum Gasteiger partial charge on any atom is -0.339 e. The van der Waals surface area contributed by atoms with Crippen LogP contribution in [0.4, 0.5) is 5.69 Å². The Bertz CT molecular complexity index is 835. The van der Waals surface area contributed by atoms with Crippen LogP contribution in [0.3, 0.4) is 0 Å². The molecule has 1 aromatic carbocycles. The quantitative estimate of drug-likeness (QED) is 0.879. The summed E-state index contributed by atoms with van der Waals surface area (Å²) in [7, 11) is 0. The maximum Gasteiger partial charge on any atom is 0.253 e. The Labute approximate surface area is 160 Å². The summed E-state index contributed by atoms with van der Waals surface area (Å²) in [6.07, 6.45) is 3.66. The van der Waals surface area contributed by atoms with Crippen LogP contribution in [0.25, 0.3) is 0 Å². The summed E-state index contributed by atoms with van der Waals surface area (Å²) in [6, 6.07) is 7.21. The highest BCUT2D eigenvalue weighted by Crippen LogP contribution is 2.17. The van der Waals surface area contributed by atoms with Crippen molar-refractivity contribution in [3.05, 3.63) is 46.8 Å². The van der Waals surface area contributed by atoms with Gasteiger partial charge in [-0.1, -0.05) is 6.07 Å². The lowest BCUT2D eigenvalue weighted by Gasteiger charge is -2.26. The molecule has 6 nitrogen and oxygen atoms in total. The smallest absolute Gasteiger partial charge is 0.253 e. The van der Waals surface area contributed by atoms with Crippen molar-refractivity contribution in [1.29, 1.82) is 0 Å². The number of piperidine rings is 1. The molecule has 0 spiro atoms. The average molecular weight is 368 g/mol. The summed E-state index contributed by atoms with van der Waals surface area (Å²) in [5.41, 5.74) is 4.54. The van der Waals surface area contributed by atoms with Gasteiger partial charge < -0.3 is 10.2 Å². The highest BCUT2D eigenvalue weighted by atomic mass is 16.2. The molecule has 1 aromatic heterocycles. The molecule has 6 heteroatoms. The minimum atomic E-state index is -0.0808. The van der Waals surface area contributed by atoms with Gasteiger partial charge in [0.05, 0.1) is 5.69 Å². The Balaban J connectivity index is 1.59. The number of amides is 2. The average Bonchev–Trinajstić information content (AvgIpc) is 2.93. The molecular weight excluding hydrogens is 340 g/mol. The van der Waals surface area contributed by atoms with Crippen LogP contribution < -0.4 is 5.32 Å². The highest BCUT2D eigenvalue weighted by Gasteiger charge is 2.18. The van der Waals surface area contributed by atoms with E-state index in [1.165, 1.54) is 12.0 Å². The van der Waals surface area contributed by atoms with Crippen LogP contribution in [0.15, 0.2) is 24.3 Å². The zero-order valence-corrected chi connectivity index (χ0v) is 16.4. The summed E-state index contributed by atoms with van der Waals surface area (Å²) < 4.78 is 1.88. The molecule has 2 heterocycles. The van der Waals surface area contributed by atoms with Crippen molar-refractivity contribution in [2.75, 3.05) is 18.4 Å². The topological polar surface area (TPSA) is 67.2 Å². The Morgan fingerprint density at radius 2 is 1.85 bits per heavy atom. The van der Waals surface area contributed by atoms with E-state index in [4.69, 9.17) is 0 Å². The maximum atomic E-state index is 12.6. The number of nitrogens with zero attached hydrogens (tertiary/aromatic N) is 3. The fraction of sp³-hybridized carbons (Fsp3) is 0.476. The fourth-order valence-corrected chi connectivity index (χ4v) is 3.44. The van der Waals surface area contributed by atoms with Gasteiger partial charge in [0.2, 0.25) is 5.91 Å². The van der Waals surface area contributed by atoms with Crippen molar-refractivity contribution >= 4 is 17.5 Å². The van der Waals surface area contributed by atoms with Crippen molar-refractivity contribution in [3.8, 4) is 0 Å². The van der Waals surface area contributed by atoms with E-state index in [0.717, 1.165) is 37.3 Å². The number of benzene rings is 1. The van der Waals surface area contributed by atoms with Gasteiger partial charge in [0.1, 0.15) is 0 Å². The number of anilines is 1. The number of nitrogens with one attached hydrogen (secondary N) is 1. The first-order valence-corrected chi connectivity index (χ1v) is 9.65. The molecular formula is C21H28N4O2. The molecule has 1 aliphatic rings. The van der Waals surface area contributed by atoms with Crippen LogP contribution in [0, 0.1) is 20.8 Å². The standard InChI is InChI=1S/C21H28N4O2/c1-15-16(2)23-25(17(15)3)13-10-20(26)22-19-9-7-8-18(14-19)21(27)24-11-5-4-6-12-24/h7-9,14H,4-6,10-13H2,1-3H3,(H,22,26). The van der Waals surface area contributed by atoms with E-state index < -0.39 is 0 Å². The normalized spacial score (nSPS) is 14.3. The molecule has 0 bridgehead atoms. The first-order valence-electron chi connectivity index (χ1n) is 9.65. The van der Waals surface area contributed by atoms with Crippen molar-refractivity contribution in [1.82, 2.24) is 14.7 Å². The maximum absolute atomic E-state index is 12.6. The van der Waals surface area contributed by atoms with Crippen LogP contribution in [-0.2, 0) is 11.3 Å². The number of hydrogen-bond acceptors (Lipinski definition) is 3. The molecule has 0 atom stereocenters. The van der Waals surface area contributed by atoms with Gasteiger partial charge in [-0.25, -0.2) is 0 Å². The minimum absolute atomic E-state index is 0.0453. The van der Waals surface area contributed by atoms with Crippen LogP contribution in [-0.4, -0.2) is 39.6 Å². The molecule has 1 aliphatic heterocycles. The van der Waals surface area contributed by atoms with Gasteiger partial charge in [-0.05, 0) is 63.8 Å². The van der Waals surface area contributed by atoms with Crippen LogP contribution in [0.5, 0.6) is 0 Å². The number of carbonyl (C=O) groups excluding carboxylic acids is 2. The van der Waals surface area contributed by atoms with Crippen molar-refractivity contribution in [2.24, 2.45) is 0 Å². The second-order valence-electron chi connectivity index (χ2n) is 7.25. The summed E-state index contributed by atoms with van der Waals surface area (Å²) in [5.74, 6) is -0.0355. The Morgan fingerprint density at radius 1 is 1.11 bits per heavy atom. The molecule has 0 aliphatic carbocycles. The molecule has 0 radical (unpaired) electrons. The molecule has 27 heavy (non-hydrogen) atoms. The predicted molar refractivity (Wildman–Crippen MR) is 106 cm³/mol. The van der Waals surface area contributed by atoms with E-state index in [1.54, 1.807) is 6.07 Å². The number of aromatic nitrogens is 2. The van der Waals surface area contributed by atoms with E-state index in [1.807, 2.05) is 48.6 Å². The Hall–Kier alpha value is -2.63. The molecule has 3 rings (SSSR count). The monoisotopic (exact) mass is 368 g/mol. The summed E-state index contributed by atoms with van der Waals surface area (Å²) in [5, 5.41) is 7.36. The van der Waals surface area contributed by atoms with E-state index in [-0.39, 0.29) is 11.8 Å². The third-order valence-corrected chi connectivity index (χ3v) is 5.33. The van der Waals surface area contributed by atoms with Gasteiger partial charge in [0.15, 0.2) is 0 Å². The molecule has 2 aromatic rings. The van der Waals surface area contributed by atoms with Crippen molar-refractivity contribution in [2.45, 2.75) is 53.0 Å². The number of carbonyl (C=O) groups is 2. The van der Waals surface area contributed by atoms with Crippen LogP contribution in [0.1, 0.15) is 53.0 Å². The second-order valence-corrected chi connectivity index (χ2v) is 7.25. The van der Waals surface area contributed by atoms with Gasteiger partial charge in [0.25, 0.3) is 5.91 Å². The molecule has 144 valence electrons. The molecule has 0 unspecified atom stereocenters. The SMILES string of the molecule is Cc1nn(CCC(=O)Nc2cccc(C(=O)N3CCCCC3)c2)c(C)c1C. The van der Waals surface area contributed by atoms with Gasteiger partial charge in [0, 0.05) is 43.0 Å². The molecule has 1 saturated heterocycles. The number of hydrogen-bond donors (Lipinski definition) is 1. The zero-order chi connectivity index (χ0) is 19.4. The van der Waals surface area contributed by atoms with Gasteiger partial charge in [-0.2, -0.15) is 5.10 Å². The fourth-order valence-electron chi connectivity index (χ4n) is 3.44. The van der Waals surface area contributed by atoms with Crippen LogP contribution in [0.2, 0.25) is 0 Å². The summed E-state index contributed by atoms with van der Waals surface area (Å²) in [4.78, 5) is 26.8. The first kappa shape index (κ1) is 19.1. The first-order chi connectivity index (χ1) is 13.0. The van der Waals surface area contributed by atoms with Gasteiger partial charge in [-0.3, -0.25) is 14.3 Å². The zero-order valence-electron chi connectivity index (χ0n) is 16.4. The third-order valence-electron chi connectivity index (χ3n) is 5.33. The van der Waals surface area contributed by atoms with E-state index in [2.05, 4.69) is 10.4 Å². The van der Waals surface area contributed by atoms with E-state index in [9.17, 15) is 9.59 Å².